The number of hydrogen-bond acceptors (Lipinski definition) is 4. The average molecular weight is 314 g/mol. The lowest BCUT2D eigenvalue weighted by atomic mass is 10.1. The SMILES string of the molecule is Cc1ccc(-n2nnnc2SCc2ccccc2F)cc1C. The average Bonchev–Trinajstić information content (AvgIpc) is 2.98. The highest BCUT2D eigenvalue weighted by Gasteiger charge is 2.11. The van der Waals surface area contributed by atoms with Crippen molar-refractivity contribution in [3.8, 4) is 5.69 Å². The van der Waals surface area contributed by atoms with Gasteiger partial charge in [-0.1, -0.05) is 36.0 Å². The zero-order valence-corrected chi connectivity index (χ0v) is 13.1. The Kier molecular flexibility index (Phi) is 4.20. The van der Waals surface area contributed by atoms with Crippen LogP contribution in [0.1, 0.15) is 16.7 Å². The minimum absolute atomic E-state index is 0.208. The highest BCUT2D eigenvalue weighted by molar-refractivity contribution is 7.98. The molecule has 3 aromatic rings. The fourth-order valence-corrected chi connectivity index (χ4v) is 2.92. The molecule has 0 amide bonds. The highest BCUT2D eigenvalue weighted by atomic mass is 32.2. The van der Waals surface area contributed by atoms with Crippen LogP contribution in [0.2, 0.25) is 0 Å². The van der Waals surface area contributed by atoms with Crippen molar-refractivity contribution < 1.29 is 4.39 Å². The van der Waals surface area contributed by atoms with E-state index in [1.165, 1.54) is 29.0 Å². The number of nitrogens with zero attached hydrogens (tertiary/aromatic N) is 4. The molecule has 112 valence electrons. The molecule has 0 aliphatic carbocycles. The summed E-state index contributed by atoms with van der Waals surface area (Å²) >= 11 is 1.41. The van der Waals surface area contributed by atoms with E-state index in [0.717, 1.165) is 5.69 Å². The molecule has 1 heterocycles. The molecule has 0 N–H and O–H groups in total. The smallest absolute Gasteiger partial charge is 0.207 e. The Morgan fingerprint density at radius 2 is 1.91 bits per heavy atom. The summed E-state index contributed by atoms with van der Waals surface area (Å²) in [6.45, 7) is 4.11. The van der Waals surface area contributed by atoms with Gasteiger partial charge in [0.05, 0.1) is 5.69 Å². The lowest BCUT2D eigenvalue weighted by molar-refractivity contribution is 0.617. The number of tetrazole rings is 1. The van der Waals surface area contributed by atoms with Gasteiger partial charge in [-0.2, -0.15) is 4.68 Å². The van der Waals surface area contributed by atoms with E-state index in [9.17, 15) is 4.39 Å². The molecular formula is C16H15FN4S. The van der Waals surface area contributed by atoms with Gasteiger partial charge in [0.15, 0.2) is 0 Å². The van der Waals surface area contributed by atoms with E-state index in [-0.39, 0.29) is 5.82 Å². The summed E-state index contributed by atoms with van der Waals surface area (Å²) in [6, 6.07) is 12.8. The van der Waals surface area contributed by atoms with Crippen LogP contribution >= 0.6 is 11.8 Å². The van der Waals surface area contributed by atoms with E-state index in [1.54, 1.807) is 16.8 Å². The molecule has 0 radical (unpaired) electrons. The summed E-state index contributed by atoms with van der Waals surface area (Å²) in [6.07, 6.45) is 0. The number of aromatic nitrogens is 4. The Labute approximate surface area is 132 Å². The zero-order chi connectivity index (χ0) is 15.5. The molecule has 1 aromatic heterocycles. The quantitative estimate of drug-likeness (QED) is 0.689. The zero-order valence-electron chi connectivity index (χ0n) is 12.3. The number of thioether (sulfide) groups is 1. The summed E-state index contributed by atoms with van der Waals surface area (Å²) in [5, 5.41) is 12.4. The van der Waals surface area contributed by atoms with Gasteiger partial charge in [0, 0.05) is 5.75 Å². The van der Waals surface area contributed by atoms with Crippen molar-refractivity contribution in [3.63, 3.8) is 0 Å². The molecular weight excluding hydrogens is 299 g/mol. The van der Waals surface area contributed by atoms with Crippen LogP contribution in [0.15, 0.2) is 47.6 Å². The van der Waals surface area contributed by atoms with Gasteiger partial charge in [0.2, 0.25) is 5.16 Å². The Morgan fingerprint density at radius 1 is 1.09 bits per heavy atom. The Balaban J connectivity index is 1.83. The van der Waals surface area contributed by atoms with Gasteiger partial charge in [-0.05, 0) is 59.2 Å². The molecule has 0 aliphatic heterocycles. The van der Waals surface area contributed by atoms with E-state index < -0.39 is 0 Å². The van der Waals surface area contributed by atoms with Gasteiger partial charge in [0.1, 0.15) is 5.82 Å². The fourth-order valence-electron chi connectivity index (χ4n) is 2.05. The first-order valence-corrected chi connectivity index (χ1v) is 7.86. The fraction of sp³-hybridized carbons (Fsp3) is 0.188. The summed E-state index contributed by atoms with van der Waals surface area (Å²) in [7, 11) is 0. The second kappa shape index (κ2) is 6.27. The van der Waals surface area contributed by atoms with E-state index >= 15 is 0 Å². The first-order valence-electron chi connectivity index (χ1n) is 6.87. The number of halogens is 1. The van der Waals surface area contributed by atoms with Crippen molar-refractivity contribution in [1.82, 2.24) is 20.2 Å². The van der Waals surface area contributed by atoms with Crippen LogP contribution in [0.5, 0.6) is 0 Å². The number of benzene rings is 2. The van der Waals surface area contributed by atoms with Gasteiger partial charge in [-0.3, -0.25) is 0 Å². The van der Waals surface area contributed by atoms with E-state index in [4.69, 9.17) is 0 Å². The molecule has 0 aliphatic rings. The van der Waals surface area contributed by atoms with Crippen LogP contribution in [0.4, 0.5) is 4.39 Å². The van der Waals surface area contributed by atoms with E-state index in [1.807, 2.05) is 24.3 Å². The predicted molar refractivity (Wildman–Crippen MR) is 84.6 cm³/mol. The topological polar surface area (TPSA) is 43.6 Å². The summed E-state index contributed by atoms with van der Waals surface area (Å²) < 4.78 is 15.3. The molecule has 0 fully saturated rings. The number of aryl methyl sites for hydroxylation is 2. The first-order chi connectivity index (χ1) is 10.6. The minimum atomic E-state index is -0.208. The van der Waals surface area contributed by atoms with Crippen molar-refractivity contribution >= 4 is 11.8 Å². The molecule has 2 aromatic carbocycles. The standard InChI is InChI=1S/C16H15FN4S/c1-11-7-8-14(9-12(11)2)21-16(18-19-20-21)22-10-13-5-3-4-6-15(13)17/h3-9H,10H2,1-2H3. The van der Waals surface area contributed by atoms with Crippen LogP contribution < -0.4 is 0 Å². The Hall–Kier alpha value is -2.21. The third kappa shape index (κ3) is 3.01. The molecule has 0 saturated carbocycles. The van der Waals surface area contributed by atoms with E-state index in [0.29, 0.717) is 16.5 Å². The maximum atomic E-state index is 13.7. The molecule has 3 rings (SSSR count). The van der Waals surface area contributed by atoms with Crippen molar-refractivity contribution in [3.05, 3.63) is 65.0 Å². The molecule has 0 atom stereocenters. The Bertz CT molecular complexity index is 800. The molecule has 6 heteroatoms. The summed E-state index contributed by atoms with van der Waals surface area (Å²) in [4.78, 5) is 0. The summed E-state index contributed by atoms with van der Waals surface area (Å²) in [5.74, 6) is 0.276. The molecule has 22 heavy (non-hydrogen) atoms. The second-order valence-electron chi connectivity index (χ2n) is 5.02. The second-order valence-corrected chi connectivity index (χ2v) is 5.96. The highest BCUT2D eigenvalue weighted by Crippen LogP contribution is 2.24. The molecule has 0 bridgehead atoms. The lowest BCUT2D eigenvalue weighted by Crippen LogP contribution is -2.00. The number of hydrogen-bond donors (Lipinski definition) is 0. The first kappa shape index (κ1) is 14.7. The van der Waals surface area contributed by atoms with Gasteiger partial charge in [0.25, 0.3) is 0 Å². The van der Waals surface area contributed by atoms with Crippen molar-refractivity contribution in [2.75, 3.05) is 0 Å². The van der Waals surface area contributed by atoms with E-state index in [2.05, 4.69) is 29.4 Å². The van der Waals surface area contributed by atoms with Crippen LogP contribution in [-0.2, 0) is 5.75 Å². The predicted octanol–water partition coefficient (Wildman–Crippen LogP) is 3.71. The molecule has 0 unspecified atom stereocenters. The normalized spacial score (nSPS) is 10.9. The minimum Gasteiger partial charge on any atom is -0.207 e. The van der Waals surface area contributed by atoms with Crippen molar-refractivity contribution in [2.45, 2.75) is 24.8 Å². The largest absolute Gasteiger partial charge is 0.214 e. The van der Waals surface area contributed by atoms with Crippen LogP contribution in [0.25, 0.3) is 5.69 Å². The van der Waals surface area contributed by atoms with Crippen molar-refractivity contribution in [1.29, 1.82) is 0 Å². The van der Waals surface area contributed by atoms with Gasteiger partial charge < -0.3 is 0 Å². The monoisotopic (exact) mass is 314 g/mol. The van der Waals surface area contributed by atoms with Gasteiger partial charge in [-0.15, -0.1) is 5.10 Å². The van der Waals surface area contributed by atoms with Crippen molar-refractivity contribution in [2.24, 2.45) is 0 Å². The van der Waals surface area contributed by atoms with Gasteiger partial charge in [-0.25, -0.2) is 4.39 Å². The van der Waals surface area contributed by atoms with Crippen LogP contribution in [-0.4, -0.2) is 20.2 Å². The maximum absolute atomic E-state index is 13.7. The van der Waals surface area contributed by atoms with Crippen LogP contribution in [0.3, 0.4) is 0 Å². The molecule has 0 spiro atoms. The summed E-state index contributed by atoms with van der Waals surface area (Å²) in [5.41, 5.74) is 3.95. The third-order valence-corrected chi connectivity index (χ3v) is 4.46. The molecule has 4 nitrogen and oxygen atoms in total. The molecule has 0 saturated heterocycles. The maximum Gasteiger partial charge on any atom is 0.214 e. The third-order valence-electron chi connectivity index (χ3n) is 3.49. The van der Waals surface area contributed by atoms with Gasteiger partial charge >= 0.3 is 0 Å². The Morgan fingerprint density at radius 3 is 2.68 bits per heavy atom. The number of rotatable bonds is 4. The lowest BCUT2D eigenvalue weighted by Gasteiger charge is -2.07. The van der Waals surface area contributed by atoms with Crippen LogP contribution in [0, 0.1) is 19.7 Å².